The minimum atomic E-state index is -0.267. The highest BCUT2D eigenvalue weighted by Gasteiger charge is 2.18. The summed E-state index contributed by atoms with van der Waals surface area (Å²) >= 11 is 6.08. The van der Waals surface area contributed by atoms with Crippen molar-refractivity contribution in [3.63, 3.8) is 0 Å². The van der Waals surface area contributed by atoms with Crippen molar-refractivity contribution in [2.24, 2.45) is 0 Å². The smallest absolute Gasteiger partial charge is 0.248 e. The van der Waals surface area contributed by atoms with Gasteiger partial charge in [0.25, 0.3) is 0 Å². The van der Waals surface area contributed by atoms with Crippen LogP contribution in [0.15, 0.2) is 65.3 Å². The SMILES string of the molecule is COc1ccc(OC)c(-c2coc3cc(OC)c(/C(C)=C/C(=O)Nc4cc(Cl)ccc4C)cc23)c1. The van der Waals surface area contributed by atoms with E-state index in [0.717, 1.165) is 33.2 Å². The van der Waals surface area contributed by atoms with Crippen molar-refractivity contribution in [3.8, 4) is 28.4 Å². The van der Waals surface area contributed by atoms with Crippen LogP contribution in [0.3, 0.4) is 0 Å². The van der Waals surface area contributed by atoms with E-state index in [2.05, 4.69) is 5.32 Å². The molecule has 0 aliphatic heterocycles. The van der Waals surface area contributed by atoms with Crippen molar-refractivity contribution >= 4 is 39.7 Å². The molecule has 0 saturated carbocycles. The molecule has 1 N–H and O–H groups in total. The first-order valence-electron chi connectivity index (χ1n) is 10.9. The summed E-state index contributed by atoms with van der Waals surface area (Å²) in [7, 11) is 4.82. The zero-order chi connectivity index (χ0) is 25.1. The zero-order valence-corrected chi connectivity index (χ0v) is 20.9. The molecule has 0 unspecified atom stereocenters. The molecule has 1 aromatic heterocycles. The van der Waals surface area contributed by atoms with Gasteiger partial charge in [-0.2, -0.15) is 0 Å². The summed E-state index contributed by atoms with van der Waals surface area (Å²) in [4.78, 5) is 12.8. The van der Waals surface area contributed by atoms with Gasteiger partial charge in [0, 0.05) is 44.9 Å². The van der Waals surface area contributed by atoms with Crippen LogP contribution in [0.2, 0.25) is 5.02 Å². The van der Waals surface area contributed by atoms with E-state index in [1.54, 1.807) is 39.7 Å². The van der Waals surface area contributed by atoms with Gasteiger partial charge in [-0.3, -0.25) is 4.79 Å². The molecule has 180 valence electrons. The Labute approximate surface area is 209 Å². The number of benzene rings is 3. The lowest BCUT2D eigenvalue weighted by Crippen LogP contribution is -2.09. The van der Waals surface area contributed by atoms with Gasteiger partial charge >= 0.3 is 0 Å². The van der Waals surface area contributed by atoms with E-state index in [1.165, 1.54) is 6.08 Å². The zero-order valence-electron chi connectivity index (χ0n) is 20.2. The number of rotatable bonds is 7. The first-order valence-corrected chi connectivity index (χ1v) is 11.3. The Morgan fingerprint density at radius 2 is 1.71 bits per heavy atom. The van der Waals surface area contributed by atoms with Gasteiger partial charge in [-0.15, -0.1) is 0 Å². The second-order valence-corrected chi connectivity index (χ2v) is 8.48. The largest absolute Gasteiger partial charge is 0.497 e. The number of furan rings is 1. The summed E-state index contributed by atoms with van der Waals surface area (Å²) in [5.74, 6) is 1.72. The standard InChI is InChI=1S/C28H26ClNO5/c1-16-6-7-18(29)11-24(16)30-28(31)10-17(2)20-13-22-23(15-35-27(22)14-26(20)34-5)21-12-19(32-3)8-9-25(21)33-4/h6-15H,1-5H3,(H,30,31)/b17-10+. The number of hydrogen-bond acceptors (Lipinski definition) is 5. The molecule has 0 atom stereocenters. The van der Waals surface area contributed by atoms with E-state index in [4.69, 9.17) is 30.2 Å². The Morgan fingerprint density at radius 1 is 0.943 bits per heavy atom. The average molecular weight is 492 g/mol. The van der Waals surface area contributed by atoms with Crippen LogP contribution in [-0.4, -0.2) is 27.2 Å². The summed E-state index contributed by atoms with van der Waals surface area (Å²) in [6, 6.07) is 14.7. The van der Waals surface area contributed by atoms with Gasteiger partial charge in [0.05, 0.1) is 27.6 Å². The van der Waals surface area contributed by atoms with Gasteiger partial charge in [-0.1, -0.05) is 17.7 Å². The van der Waals surface area contributed by atoms with Crippen LogP contribution < -0.4 is 19.5 Å². The Morgan fingerprint density at radius 3 is 2.43 bits per heavy atom. The third-order valence-electron chi connectivity index (χ3n) is 5.82. The molecule has 0 aliphatic rings. The topological polar surface area (TPSA) is 69.9 Å². The first kappa shape index (κ1) is 24.2. The lowest BCUT2D eigenvalue weighted by atomic mass is 9.98. The van der Waals surface area contributed by atoms with Gasteiger partial charge in [0.15, 0.2) is 0 Å². The molecule has 1 heterocycles. The highest BCUT2D eigenvalue weighted by Crippen LogP contribution is 2.41. The monoisotopic (exact) mass is 491 g/mol. The molecule has 0 spiro atoms. The normalized spacial score (nSPS) is 11.4. The number of halogens is 1. The van der Waals surface area contributed by atoms with E-state index >= 15 is 0 Å². The van der Waals surface area contributed by atoms with Gasteiger partial charge in [0.1, 0.15) is 22.8 Å². The molecule has 4 rings (SSSR count). The number of nitrogens with one attached hydrogen (secondary N) is 1. The second kappa shape index (κ2) is 10.2. The van der Waals surface area contributed by atoms with Gasteiger partial charge in [-0.25, -0.2) is 0 Å². The molecule has 0 fully saturated rings. The van der Waals surface area contributed by atoms with Crippen molar-refractivity contribution in [3.05, 3.63) is 77.0 Å². The van der Waals surface area contributed by atoms with Crippen molar-refractivity contribution in [1.82, 2.24) is 0 Å². The van der Waals surface area contributed by atoms with Crippen LogP contribution in [0.1, 0.15) is 18.1 Å². The molecular formula is C28H26ClNO5. The maximum Gasteiger partial charge on any atom is 0.248 e. The van der Waals surface area contributed by atoms with Crippen molar-refractivity contribution in [2.45, 2.75) is 13.8 Å². The molecule has 35 heavy (non-hydrogen) atoms. The van der Waals surface area contributed by atoms with Crippen LogP contribution in [-0.2, 0) is 4.79 Å². The minimum absolute atomic E-state index is 0.267. The number of methoxy groups -OCH3 is 3. The van der Waals surface area contributed by atoms with E-state index < -0.39 is 0 Å². The summed E-state index contributed by atoms with van der Waals surface area (Å²) < 4.78 is 22.4. The van der Waals surface area contributed by atoms with E-state index in [1.807, 2.05) is 50.2 Å². The highest BCUT2D eigenvalue weighted by atomic mass is 35.5. The lowest BCUT2D eigenvalue weighted by molar-refractivity contribution is -0.111. The predicted molar refractivity (Wildman–Crippen MR) is 140 cm³/mol. The molecule has 4 aromatic rings. The van der Waals surface area contributed by atoms with Crippen molar-refractivity contribution < 1.29 is 23.4 Å². The lowest BCUT2D eigenvalue weighted by Gasteiger charge is -2.12. The van der Waals surface area contributed by atoms with Crippen LogP contribution in [0.25, 0.3) is 27.7 Å². The van der Waals surface area contributed by atoms with Gasteiger partial charge in [0.2, 0.25) is 5.91 Å². The van der Waals surface area contributed by atoms with Crippen molar-refractivity contribution in [2.75, 3.05) is 26.6 Å². The summed E-state index contributed by atoms with van der Waals surface area (Å²) in [5, 5.41) is 4.30. The molecule has 1 amide bonds. The van der Waals surface area contributed by atoms with Gasteiger partial charge < -0.3 is 23.9 Å². The molecular weight excluding hydrogens is 466 g/mol. The minimum Gasteiger partial charge on any atom is -0.497 e. The van der Waals surface area contributed by atoms with Crippen LogP contribution in [0, 0.1) is 6.92 Å². The number of ether oxygens (including phenoxy) is 3. The molecule has 0 saturated heterocycles. The summed E-state index contributed by atoms with van der Waals surface area (Å²) in [5.41, 5.74) is 5.40. The maximum atomic E-state index is 12.8. The fraction of sp³-hybridized carbons (Fsp3) is 0.179. The molecule has 7 heteroatoms. The number of fused-ring (bicyclic) bond motifs is 1. The van der Waals surface area contributed by atoms with E-state index in [0.29, 0.717) is 33.5 Å². The fourth-order valence-electron chi connectivity index (χ4n) is 3.94. The Hall–Kier alpha value is -3.90. The van der Waals surface area contributed by atoms with Gasteiger partial charge in [-0.05, 0) is 61.4 Å². The number of anilines is 1. The third kappa shape index (κ3) is 4.98. The third-order valence-corrected chi connectivity index (χ3v) is 6.06. The second-order valence-electron chi connectivity index (χ2n) is 8.04. The molecule has 3 aromatic carbocycles. The number of aryl methyl sites for hydroxylation is 1. The quantitative estimate of drug-likeness (QED) is 0.278. The highest BCUT2D eigenvalue weighted by molar-refractivity contribution is 6.31. The number of carbonyl (C=O) groups is 1. The van der Waals surface area contributed by atoms with Crippen LogP contribution in [0.4, 0.5) is 5.69 Å². The Kier molecular flexibility index (Phi) is 7.03. The molecule has 0 radical (unpaired) electrons. The number of carbonyl (C=O) groups excluding carboxylic acids is 1. The Bertz CT molecular complexity index is 1440. The van der Waals surface area contributed by atoms with Crippen LogP contribution in [0.5, 0.6) is 17.2 Å². The fourth-order valence-corrected chi connectivity index (χ4v) is 4.11. The average Bonchev–Trinajstić information content (AvgIpc) is 3.27. The first-order chi connectivity index (χ1) is 16.8. The number of hydrogen-bond donors (Lipinski definition) is 1. The summed E-state index contributed by atoms with van der Waals surface area (Å²) in [6.07, 6.45) is 3.22. The van der Waals surface area contributed by atoms with Crippen molar-refractivity contribution in [1.29, 1.82) is 0 Å². The maximum absolute atomic E-state index is 12.8. The van der Waals surface area contributed by atoms with E-state index in [9.17, 15) is 4.79 Å². The van der Waals surface area contributed by atoms with E-state index in [-0.39, 0.29) is 5.91 Å². The molecule has 6 nitrogen and oxygen atoms in total. The number of amides is 1. The van der Waals surface area contributed by atoms with Crippen LogP contribution >= 0.6 is 11.6 Å². The number of allylic oxidation sites excluding steroid dienone is 1. The molecule has 0 aliphatic carbocycles. The Balaban J connectivity index is 1.76. The molecule has 0 bridgehead atoms. The predicted octanol–water partition coefficient (Wildman–Crippen LogP) is 7.13. The summed E-state index contributed by atoms with van der Waals surface area (Å²) in [6.45, 7) is 3.77.